The van der Waals surface area contributed by atoms with Crippen LogP contribution in [0.1, 0.15) is 20.3 Å². The van der Waals surface area contributed by atoms with Gasteiger partial charge in [-0.25, -0.2) is 0 Å². The molecule has 0 aromatic carbocycles. The molecule has 0 bridgehead atoms. The van der Waals surface area contributed by atoms with Crippen LogP contribution in [0, 0.1) is 0 Å². The monoisotopic (exact) mass is 186 g/mol. The number of aliphatic hydroxyl groups is 2. The number of rotatable bonds is 3. The second-order valence-corrected chi connectivity index (χ2v) is 3.64. The lowest BCUT2D eigenvalue weighted by Crippen LogP contribution is -2.38. The van der Waals surface area contributed by atoms with Crippen LogP contribution in [0.25, 0.3) is 0 Å². The van der Waals surface area contributed by atoms with Crippen LogP contribution in [-0.2, 0) is 0 Å². The summed E-state index contributed by atoms with van der Waals surface area (Å²) in [6.07, 6.45) is -0.272. The fourth-order valence-corrected chi connectivity index (χ4v) is 0.882. The summed E-state index contributed by atoms with van der Waals surface area (Å²) in [5.41, 5.74) is 0. The molecule has 0 aliphatic rings. The van der Waals surface area contributed by atoms with Crippen molar-refractivity contribution in [1.82, 2.24) is 0 Å². The van der Waals surface area contributed by atoms with Gasteiger partial charge in [-0.1, -0.05) is 18.5 Å². The van der Waals surface area contributed by atoms with Crippen molar-refractivity contribution in [2.45, 2.75) is 36.8 Å². The molecule has 0 fully saturated rings. The Morgan fingerprint density at radius 3 is 2.10 bits per heavy atom. The molecule has 0 amide bonds. The zero-order chi connectivity index (χ0) is 8.36. The maximum absolute atomic E-state index is 9.09. The predicted octanol–water partition coefficient (Wildman–Crippen LogP) is 1.31. The van der Waals surface area contributed by atoms with E-state index in [9.17, 15) is 0 Å². The molecule has 3 atom stereocenters. The van der Waals surface area contributed by atoms with E-state index in [2.05, 4.69) is 0 Å². The molecule has 0 radical (unpaired) electrons. The van der Waals surface area contributed by atoms with E-state index in [1.54, 1.807) is 6.92 Å². The Hall–Kier alpha value is 0.500. The molecular formula is C6H12Cl2O2. The normalized spacial score (nSPS) is 23.4. The molecule has 2 N–H and O–H groups in total. The summed E-state index contributed by atoms with van der Waals surface area (Å²) in [5.74, 6) is 0. The lowest BCUT2D eigenvalue weighted by atomic mass is 10.1. The predicted molar refractivity (Wildman–Crippen MR) is 42.4 cm³/mol. The van der Waals surface area contributed by atoms with Crippen LogP contribution >= 0.6 is 23.2 Å². The van der Waals surface area contributed by atoms with Crippen LogP contribution in [0.5, 0.6) is 0 Å². The summed E-state index contributed by atoms with van der Waals surface area (Å²) in [5, 5.41) is 15.8. The lowest BCUT2D eigenvalue weighted by Gasteiger charge is -2.24. The largest absolute Gasteiger partial charge is 0.391 e. The lowest BCUT2D eigenvalue weighted by molar-refractivity contribution is 0.0680. The molecule has 0 heterocycles. The fraction of sp³-hybridized carbons (Fsp3) is 1.00. The number of halogens is 2. The fourth-order valence-electron chi connectivity index (χ4n) is 0.558. The first-order valence-corrected chi connectivity index (χ1v) is 3.94. The summed E-state index contributed by atoms with van der Waals surface area (Å²) in [4.78, 5) is 0. The van der Waals surface area contributed by atoms with Crippen molar-refractivity contribution in [1.29, 1.82) is 0 Å². The average Bonchev–Trinajstić information content (AvgIpc) is 1.83. The van der Waals surface area contributed by atoms with E-state index in [1.165, 1.54) is 6.92 Å². The van der Waals surface area contributed by atoms with Gasteiger partial charge in [-0.15, -0.1) is 11.6 Å². The Morgan fingerprint density at radius 2 is 2.00 bits per heavy atom. The topological polar surface area (TPSA) is 40.5 Å². The van der Waals surface area contributed by atoms with Gasteiger partial charge < -0.3 is 10.2 Å². The van der Waals surface area contributed by atoms with Crippen molar-refractivity contribution in [3.05, 3.63) is 0 Å². The smallest absolute Gasteiger partial charge is 0.154 e. The summed E-state index contributed by atoms with van der Waals surface area (Å²) in [6, 6.07) is 0. The van der Waals surface area contributed by atoms with Gasteiger partial charge >= 0.3 is 0 Å². The van der Waals surface area contributed by atoms with Crippen molar-refractivity contribution in [2.75, 3.05) is 0 Å². The quantitative estimate of drug-likeness (QED) is 0.654. The van der Waals surface area contributed by atoms with Crippen LogP contribution in [0.2, 0.25) is 0 Å². The SMILES string of the molecule is CCC(O)C(Cl)C(C)(O)Cl. The van der Waals surface area contributed by atoms with Gasteiger partial charge in [0.05, 0.1) is 6.10 Å². The zero-order valence-corrected chi connectivity index (χ0v) is 7.52. The van der Waals surface area contributed by atoms with Crippen LogP contribution in [0.15, 0.2) is 0 Å². The molecule has 0 saturated carbocycles. The first-order valence-electron chi connectivity index (χ1n) is 3.13. The van der Waals surface area contributed by atoms with E-state index in [1.807, 2.05) is 0 Å². The minimum absolute atomic E-state index is 0.483. The van der Waals surface area contributed by atoms with Crippen molar-refractivity contribution < 1.29 is 10.2 Å². The molecule has 0 aliphatic carbocycles. The second-order valence-electron chi connectivity index (χ2n) is 2.40. The number of hydrogen-bond donors (Lipinski definition) is 2. The van der Waals surface area contributed by atoms with Gasteiger partial charge in [0, 0.05) is 0 Å². The highest BCUT2D eigenvalue weighted by atomic mass is 35.5. The molecule has 0 aromatic heterocycles. The summed E-state index contributed by atoms with van der Waals surface area (Å²) >= 11 is 11.0. The van der Waals surface area contributed by atoms with Crippen molar-refractivity contribution in [3.8, 4) is 0 Å². The summed E-state index contributed by atoms with van der Waals surface area (Å²) < 4.78 is 0. The van der Waals surface area contributed by atoms with E-state index < -0.39 is 16.5 Å². The molecule has 2 nitrogen and oxygen atoms in total. The van der Waals surface area contributed by atoms with Crippen LogP contribution in [0.4, 0.5) is 0 Å². The Morgan fingerprint density at radius 1 is 1.60 bits per heavy atom. The van der Waals surface area contributed by atoms with Crippen LogP contribution in [-0.4, -0.2) is 26.8 Å². The zero-order valence-electron chi connectivity index (χ0n) is 6.01. The molecule has 0 aromatic rings. The molecular weight excluding hydrogens is 175 g/mol. The average molecular weight is 187 g/mol. The highest BCUT2D eigenvalue weighted by Gasteiger charge is 2.32. The minimum Gasteiger partial charge on any atom is -0.391 e. The molecule has 62 valence electrons. The number of aliphatic hydroxyl groups excluding tert-OH is 1. The number of hydrogen-bond acceptors (Lipinski definition) is 2. The molecule has 10 heavy (non-hydrogen) atoms. The van der Waals surface area contributed by atoms with Gasteiger partial charge in [0.15, 0.2) is 5.06 Å². The first-order chi connectivity index (χ1) is 4.39. The van der Waals surface area contributed by atoms with Gasteiger partial charge in [0.1, 0.15) is 5.38 Å². The molecule has 4 heteroatoms. The Labute approximate surface area is 70.8 Å². The van der Waals surface area contributed by atoms with Gasteiger partial charge in [0.25, 0.3) is 0 Å². The Kier molecular flexibility index (Phi) is 3.95. The van der Waals surface area contributed by atoms with E-state index in [0.29, 0.717) is 6.42 Å². The van der Waals surface area contributed by atoms with Gasteiger partial charge in [0.2, 0.25) is 0 Å². The molecule has 0 spiro atoms. The van der Waals surface area contributed by atoms with Crippen molar-refractivity contribution in [3.63, 3.8) is 0 Å². The Bertz CT molecular complexity index is 100. The van der Waals surface area contributed by atoms with Crippen molar-refractivity contribution in [2.24, 2.45) is 0 Å². The maximum Gasteiger partial charge on any atom is 0.154 e. The summed E-state index contributed by atoms with van der Waals surface area (Å²) in [6.45, 7) is 3.12. The molecule has 0 rings (SSSR count). The summed E-state index contributed by atoms with van der Waals surface area (Å²) in [7, 11) is 0. The van der Waals surface area contributed by atoms with E-state index in [4.69, 9.17) is 33.4 Å². The molecule has 0 aliphatic heterocycles. The van der Waals surface area contributed by atoms with Gasteiger partial charge in [-0.3, -0.25) is 0 Å². The third-order valence-electron chi connectivity index (χ3n) is 1.26. The van der Waals surface area contributed by atoms with Gasteiger partial charge in [-0.2, -0.15) is 0 Å². The van der Waals surface area contributed by atoms with E-state index in [0.717, 1.165) is 0 Å². The first kappa shape index (κ1) is 10.5. The molecule has 3 unspecified atom stereocenters. The van der Waals surface area contributed by atoms with E-state index >= 15 is 0 Å². The van der Waals surface area contributed by atoms with Crippen molar-refractivity contribution >= 4 is 23.2 Å². The van der Waals surface area contributed by atoms with Gasteiger partial charge in [-0.05, 0) is 13.3 Å². The molecule has 0 saturated heterocycles. The number of alkyl halides is 2. The highest BCUT2D eigenvalue weighted by molar-refractivity contribution is 6.31. The minimum atomic E-state index is -1.53. The van der Waals surface area contributed by atoms with Crippen LogP contribution < -0.4 is 0 Å². The third-order valence-corrected chi connectivity index (χ3v) is 2.32. The standard InChI is InChI=1S/C6H12Cl2O2/c1-3-4(9)5(7)6(2,8)10/h4-5,9-10H,3H2,1-2H3. The van der Waals surface area contributed by atoms with Crippen LogP contribution in [0.3, 0.4) is 0 Å². The second kappa shape index (κ2) is 3.77. The van der Waals surface area contributed by atoms with E-state index in [-0.39, 0.29) is 0 Å². The highest BCUT2D eigenvalue weighted by Crippen LogP contribution is 2.24. The maximum atomic E-state index is 9.09. The Balaban J connectivity index is 3.94. The third kappa shape index (κ3) is 3.06.